The predicted octanol–water partition coefficient (Wildman–Crippen LogP) is 2.73. The van der Waals surface area contributed by atoms with Gasteiger partial charge in [-0.05, 0) is 24.3 Å². The lowest BCUT2D eigenvalue weighted by molar-refractivity contribution is 1.03. The number of hydrogen-bond donors (Lipinski definition) is 1. The molecule has 0 aliphatic carbocycles. The SMILES string of the molecule is CNc1ccc(-c2ccc3ccccc3n2)nn1. The van der Waals surface area contributed by atoms with E-state index in [9.17, 15) is 0 Å². The smallest absolute Gasteiger partial charge is 0.148 e. The minimum atomic E-state index is 0.750. The van der Waals surface area contributed by atoms with Gasteiger partial charge in [-0.25, -0.2) is 4.98 Å². The summed E-state index contributed by atoms with van der Waals surface area (Å²) < 4.78 is 0. The molecule has 0 fully saturated rings. The maximum Gasteiger partial charge on any atom is 0.148 e. The number of hydrogen-bond acceptors (Lipinski definition) is 4. The molecular weight excluding hydrogens is 224 g/mol. The van der Waals surface area contributed by atoms with Crippen LogP contribution in [0.3, 0.4) is 0 Å². The van der Waals surface area contributed by atoms with Crippen LogP contribution in [0.4, 0.5) is 5.82 Å². The van der Waals surface area contributed by atoms with Gasteiger partial charge in [0, 0.05) is 12.4 Å². The second kappa shape index (κ2) is 4.41. The van der Waals surface area contributed by atoms with Crippen LogP contribution >= 0.6 is 0 Å². The van der Waals surface area contributed by atoms with E-state index in [2.05, 4.69) is 20.5 Å². The maximum atomic E-state index is 4.58. The molecule has 1 N–H and O–H groups in total. The van der Waals surface area contributed by atoms with Crippen LogP contribution in [-0.2, 0) is 0 Å². The van der Waals surface area contributed by atoms with Crippen molar-refractivity contribution in [3.8, 4) is 11.4 Å². The normalized spacial score (nSPS) is 10.5. The highest BCUT2D eigenvalue weighted by molar-refractivity contribution is 5.80. The first-order chi connectivity index (χ1) is 8.86. The molecule has 0 aliphatic rings. The van der Waals surface area contributed by atoms with Crippen molar-refractivity contribution < 1.29 is 0 Å². The molecule has 0 aliphatic heterocycles. The largest absolute Gasteiger partial charge is 0.372 e. The zero-order valence-corrected chi connectivity index (χ0v) is 9.96. The first-order valence-electron chi connectivity index (χ1n) is 5.74. The Morgan fingerprint density at radius 2 is 1.67 bits per heavy atom. The standard InChI is InChI=1S/C14H12N4/c1-15-14-9-8-13(17-18-14)12-7-6-10-4-2-3-5-11(10)16-12/h2-9H,1H3,(H,15,18). The van der Waals surface area contributed by atoms with Crippen molar-refractivity contribution >= 4 is 16.7 Å². The van der Waals surface area contributed by atoms with Crippen LogP contribution in [0.25, 0.3) is 22.3 Å². The summed E-state index contributed by atoms with van der Waals surface area (Å²) in [4.78, 5) is 4.58. The Kier molecular flexibility index (Phi) is 2.61. The summed E-state index contributed by atoms with van der Waals surface area (Å²) in [6, 6.07) is 15.8. The molecule has 0 saturated heterocycles. The number of pyridine rings is 1. The number of nitrogens with zero attached hydrogens (tertiary/aromatic N) is 3. The van der Waals surface area contributed by atoms with E-state index < -0.39 is 0 Å². The van der Waals surface area contributed by atoms with Crippen molar-refractivity contribution in [2.45, 2.75) is 0 Å². The topological polar surface area (TPSA) is 50.7 Å². The minimum Gasteiger partial charge on any atom is -0.372 e. The van der Waals surface area contributed by atoms with Crippen molar-refractivity contribution in [1.29, 1.82) is 0 Å². The molecule has 4 nitrogen and oxygen atoms in total. The van der Waals surface area contributed by atoms with Crippen LogP contribution < -0.4 is 5.32 Å². The van der Waals surface area contributed by atoms with Gasteiger partial charge in [-0.2, -0.15) is 0 Å². The van der Waals surface area contributed by atoms with Gasteiger partial charge < -0.3 is 5.32 Å². The van der Waals surface area contributed by atoms with E-state index >= 15 is 0 Å². The molecule has 3 aromatic rings. The third-order valence-corrected chi connectivity index (χ3v) is 2.78. The molecule has 0 unspecified atom stereocenters. The number of para-hydroxylation sites is 1. The average molecular weight is 236 g/mol. The van der Waals surface area contributed by atoms with Crippen LogP contribution in [-0.4, -0.2) is 22.2 Å². The fraction of sp³-hybridized carbons (Fsp3) is 0.0714. The molecule has 2 heterocycles. The highest BCUT2D eigenvalue weighted by Crippen LogP contribution is 2.19. The Hall–Kier alpha value is -2.49. The van der Waals surface area contributed by atoms with Crippen molar-refractivity contribution in [3.63, 3.8) is 0 Å². The van der Waals surface area contributed by atoms with Gasteiger partial charge in [-0.3, -0.25) is 0 Å². The van der Waals surface area contributed by atoms with Crippen LogP contribution in [0.15, 0.2) is 48.5 Å². The highest BCUT2D eigenvalue weighted by atomic mass is 15.2. The Balaban J connectivity index is 2.07. The quantitative estimate of drug-likeness (QED) is 0.743. The maximum absolute atomic E-state index is 4.58. The zero-order chi connectivity index (χ0) is 12.4. The lowest BCUT2D eigenvalue weighted by Gasteiger charge is -2.03. The monoisotopic (exact) mass is 236 g/mol. The number of fused-ring (bicyclic) bond motifs is 1. The van der Waals surface area contributed by atoms with E-state index in [1.165, 1.54) is 0 Å². The first-order valence-corrected chi connectivity index (χ1v) is 5.74. The summed E-state index contributed by atoms with van der Waals surface area (Å²) in [5.41, 5.74) is 2.58. The lowest BCUT2D eigenvalue weighted by atomic mass is 10.2. The van der Waals surface area contributed by atoms with Crippen LogP contribution in [0.2, 0.25) is 0 Å². The Bertz CT molecular complexity index is 677. The van der Waals surface area contributed by atoms with Crippen molar-refractivity contribution in [2.75, 3.05) is 12.4 Å². The fourth-order valence-corrected chi connectivity index (χ4v) is 1.81. The Labute approximate surface area is 105 Å². The van der Waals surface area contributed by atoms with E-state index in [-0.39, 0.29) is 0 Å². The summed E-state index contributed by atoms with van der Waals surface area (Å²) in [7, 11) is 1.82. The van der Waals surface area contributed by atoms with Gasteiger partial charge in [-0.1, -0.05) is 24.3 Å². The van der Waals surface area contributed by atoms with Gasteiger partial charge in [0.15, 0.2) is 0 Å². The second-order valence-electron chi connectivity index (χ2n) is 3.94. The highest BCUT2D eigenvalue weighted by Gasteiger charge is 2.03. The molecule has 0 spiro atoms. The average Bonchev–Trinajstić information content (AvgIpc) is 2.47. The van der Waals surface area contributed by atoms with E-state index in [0.717, 1.165) is 28.1 Å². The molecule has 3 rings (SSSR count). The van der Waals surface area contributed by atoms with Gasteiger partial charge in [-0.15, -0.1) is 10.2 Å². The second-order valence-corrected chi connectivity index (χ2v) is 3.94. The predicted molar refractivity (Wildman–Crippen MR) is 72.3 cm³/mol. The summed E-state index contributed by atoms with van der Waals surface area (Å²) >= 11 is 0. The Morgan fingerprint density at radius 1 is 0.833 bits per heavy atom. The number of nitrogens with one attached hydrogen (secondary N) is 1. The van der Waals surface area contributed by atoms with Crippen molar-refractivity contribution in [1.82, 2.24) is 15.2 Å². The summed E-state index contributed by atoms with van der Waals surface area (Å²) in [5.74, 6) is 0.750. The van der Waals surface area contributed by atoms with Gasteiger partial charge >= 0.3 is 0 Å². The molecule has 18 heavy (non-hydrogen) atoms. The molecule has 0 saturated carbocycles. The van der Waals surface area contributed by atoms with E-state index in [1.807, 2.05) is 55.6 Å². The van der Waals surface area contributed by atoms with E-state index in [4.69, 9.17) is 0 Å². The van der Waals surface area contributed by atoms with E-state index in [1.54, 1.807) is 0 Å². The molecule has 4 heteroatoms. The summed E-state index contributed by atoms with van der Waals surface area (Å²) in [6.45, 7) is 0. The first kappa shape index (κ1) is 10.7. The van der Waals surface area contributed by atoms with E-state index in [0.29, 0.717) is 0 Å². The molecule has 88 valence electrons. The number of aromatic nitrogens is 3. The number of benzene rings is 1. The molecule has 2 aromatic heterocycles. The van der Waals surface area contributed by atoms with Gasteiger partial charge in [0.2, 0.25) is 0 Å². The molecule has 0 bridgehead atoms. The van der Waals surface area contributed by atoms with Crippen molar-refractivity contribution in [2.24, 2.45) is 0 Å². The van der Waals surface area contributed by atoms with Gasteiger partial charge in [0.05, 0.1) is 11.2 Å². The minimum absolute atomic E-state index is 0.750. The molecule has 1 aromatic carbocycles. The number of anilines is 1. The molecule has 0 amide bonds. The summed E-state index contributed by atoms with van der Waals surface area (Å²) in [5, 5.41) is 12.3. The van der Waals surface area contributed by atoms with Crippen molar-refractivity contribution in [3.05, 3.63) is 48.5 Å². The van der Waals surface area contributed by atoms with Crippen LogP contribution in [0.5, 0.6) is 0 Å². The van der Waals surface area contributed by atoms with Crippen LogP contribution in [0, 0.1) is 0 Å². The summed E-state index contributed by atoms with van der Waals surface area (Å²) in [6.07, 6.45) is 0. The molecular formula is C14H12N4. The lowest BCUT2D eigenvalue weighted by Crippen LogP contribution is -1.96. The number of rotatable bonds is 2. The third kappa shape index (κ3) is 1.88. The van der Waals surface area contributed by atoms with Crippen LogP contribution in [0.1, 0.15) is 0 Å². The van der Waals surface area contributed by atoms with Gasteiger partial charge in [0.1, 0.15) is 11.5 Å². The fourth-order valence-electron chi connectivity index (χ4n) is 1.81. The molecule has 0 radical (unpaired) electrons. The third-order valence-electron chi connectivity index (χ3n) is 2.78. The zero-order valence-electron chi connectivity index (χ0n) is 9.96. The van der Waals surface area contributed by atoms with Gasteiger partial charge in [0.25, 0.3) is 0 Å². The molecule has 0 atom stereocenters. The Morgan fingerprint density at radius 3 is 2.44 bits per heavy atom.